The molecule has 0 bridgehead atoms. The molecule has 1 heterocycles. The van der Waals surface area contributed by atoms with Crippen molar-refractivity contribution in [2.24, 2.45) is 0 Å². The number of carbonyl (C=O) groups excluding carboxylic acids is 1. The lowest BCUT2D eigenvalue weighted by molar-refractivity contribution is -0.118. The van der Waals surface area contributed by atoms with Crippen LogP contribution in [0.25, 0.3) is 21.7 Å². The van der Waals surface area contributed by atoms with Crippen molar-refractivity contribution in [2.75, 3.05) is 20.6 Å². The number of benzene rings is 3. The Hall–Kier alpha value is -2.95. The quantitative estimate of drug-likeness (QED) is 0.428. The Morgan fingerprint density at radius 3 is 2.43 bits per heavy atom. The van der Waals surface area contributed by atoms with Gasteiger partial charge in [0.05, 0.1) is 6.04 Å². The van der Waals surface area contributed by atoms with E-state index in [0.717, 1.165) is 19.4 Å². The smallest absolute Gasteiger partial charge is 0.147 e. The van der Waals surface area contributed by atoms with Crippen LogP contribution >= 0.6 is 0 Å². The number of hydrogen-bond acceptors (Lipinski definition) is 3. The topological polar surface area (TPSA) is 56.9 Å². The second kappa shape index (κ2) is 10.7. The molecular weight excluding hydrogens is 370 g/mol. The monoisotopic (exact) mass is 401 g/mol. The molecule has 0 spiro atoms. The molecule has 0 aliphatic carbocycles. The molecule has 30 heavy (non-hydrogen) atoms. The average Bonchev–Trinajstić information content (AvgIpc) is 3.19. The van der Waals surface area contributed by atoms with E-state index < -0.39 is 0 Å². The highest BCUT2D eigenvalue weighted by molar-refractivity contribution is 5.84. The summed E-state index contributed by atoms with van der Waals surface area (Å²) in [6, 6.07) is 22.9. The van der Waals surface area contributed by atoms with E-state index in [1.165, 1.54) is 32.8 Å². The van der Waals surface area contributed by atoms with Gasteiger partial charge >= 0.3 is 0 Å². The fraction of sp³-hybridized carbons (Fsp3) is 0.269. The van der Waals surface area contributed by atoms with E-state index in [0.29, 0.717) is 0 Å². The lowest BCUT2D eigenvalue weighted by atomic mass is 10.00. The fourth-order valence-corrected chi connectivity index (χ4v) is 3.65. The minimum absolute atomic E-state index is 0.0869. The number of likely N-dealkylation sites (N-methyl/N-ethyl adjacent to an activating group) is 2. The van der Waals surface area contributed by atoms with Crippen molar-refractivity contribution in [3.8, 4) is 0 Å². The lowest BCUT2D eigenvalue weighted by Gasteiger charge is -2.13. The molecule has 3 aromatic carbocycles. The van der Waals surface area contributed by atoms with Gasteiger partial charge in [0.2, 0.25) is 0 Å². The molecular formula is C26H31N3O. The van der Waals surface area contributed by atoms with Crippen LogP contribution in [0.4, 0.5) is 0 Å². The number of H-pyrrole nitrogens is 1. The van der Waals surface area contributed by atoms with E-state index in [9.17, 15) is 4.79 Å². The maximum atomic E-state index is 11.4. The van der Waals surface area contributed by atoms with Gasteiger partial charge in [-0.05, 0) is 68.4 Å². The normalized spacial score (nSPS) is 11.8. The predicted molar refractivity (Wildman–Crippen MR) is 127 cm³/mol. The summed E-state index contributed by atoms with van der Waals surface area (Å²) in [7, 11) is 3.81. The summed E-state index contributed by atoms with van der Waals surface area (Å²) in [6.07, 6.45) is 3.93. The number of hydrogen-bond donors (Lipinski definition) is 3. The first-order valence-electron chi connectivity index (χ1n) is 10.5. The zero-order chi connectivity index (χ0) is 21.3. The molecule has 4 heteroatoms. The summed E-state index contributed by atoms with van der Waals surface area (Å²) in [5, 5.41) is 10.0. The van der Waals surface area contributed by atoms with E-state index in [-0.39, 0.29) is 11.8 Å². The van der Waals surface area contributed by atoms with Crippen molar-refractivity contribution >= 4 is 27.5 Å². The Morgan fingerprint density at radius 2 is 1.70 bits per heavy atom. The van der Waals surface area contributed by atoms with E-state index in [4.69, 9.17) is 0 Å². The molecule has 0 saturated heterocycles. The van der Waals surface area contributed by atoms with Crippen LogP contribution in [0.3, 0.4) is 0 Å². The fourth-order valence-electron chi connectivity index (χ4n) is 3.65. The van der Waals surface area contributed by atoms with Crippen LogP contribution in [0.5, 0.6) is 0 Å². The number of para-hydroxylation sites is 1. The number of aromatic amines is 1. The Morgan fingerprint density at radius 1 is 0.967 bits per heavy atom. The lowest BCUT2D eigenvalue weighted by Crippen LogP contribution is -2.34. The van der Waals surface area contributed by atoms with Crippen molar-refractivity contribution in [1.29, 1.82) is 0 Å². The molecule has 1 atom stereocenters. The number of nitrogens with one attached hydrogen (secondary N) is 3. The van der Waals surface area contributed by atoms with Gasteiger partial charge in [0.15, 0.2) is 0 Å². The van der Waals surface area contributed by atoms with Gasteiger partial charge in [-0.25, -0.2) is 0 Å². The number of Topliss-reactive ketones (excluding diaryl/α,β-unsaturated/α-hetero) is 1. The van der Waals surface area contributed by atoms with Crippen LogP contribution in [0.15, 0.2) is 72.9 Å². The van der Waals surface area contributed by atoms with Crippen molar-refractivity contribution in [3.63, 3.8) is 0 Å². The molecule has 4 aromatic rings. The zero-order valence-electron chi connectivity index (χ0n) is 18.0. The zero-order valence-corrected chi connectivity index (χ0v) is 18.0. The second-order valence-corrected chi connectivity index (χ2v) is 7.55. The molecule has 156 valence electrons. The Bertz CT molecular complexity index is 1100. The van der Waals surface area contributed by atoms with Crippen LogP contribution in [-0.4, -0.2) is 37.4 Å². The second-order valence-electron chi connectivity index (χ2n) is 7.55. The maximum absolute atomic E-state index is 11.4. The molecule has 0 amide bonds. The van der Waals surface area contributed by atoms with Crippen LogP contribution < -0.4 is 10.6 Å². The molecule has 3 N–H and O–H groups in total. The van der Waals surface area contributed by atoms with E-state index >= 15 is 0 Å². The van der Waals surface area contributed by atoms with Gasteiger partial charge < -0.3 is 15.6 Å². The van der Waals surface area contributed by atoms with Gasteiger partial charge in [0, 0.05) is 17.1 Å². The molecule has 0 radical (unpaired) electrons. The minimum atomic E-state index is -0.0869. The Labute approximate surface area is 178 Å². The van der Waals surface area contributed by atoms with Crippen LogP contribution in [0.2, 0.25) is 0 Å². The van der Waals surface area contributed by atoms with Crippen LogP contribution in [0, 0.1) is 0 Å². The summed E-state index contributed by atoms with van der Waals surface area (Å²) in [4.78, 5) is 14.6. The third-order valence-corrected chi connectivity index (χ3v) is 5.41. The SMILES string of the molecule is CNC(Cc1ccc2ccccc2c1)C(C)=O.CNCCc1c[nH]c2ccccc12. The molecule has 0 saturated carbocycles. The number of carbonyl (C=O) groups is 1. The summed E-state index contributed by atoms with van der Waals surface area (Å²) in [6.45, 7) is 2.66. The molecule has 4 rings (SSSR count). The van der Waals surface area contributed by atoms with Gasteiger partial charge in [-0.15, -0.1) is 0 Å². The summed E-state index contributed by atoms with van der Waals surface area (Å²) >= 11 is 0. The number of aromatic nitrogens is 1. The van der Waals surface area contributed by atoms with Crippen LogP contribution in [-0.2, 0) is 17.6 Å². The number of rotatable bonds is 7. The van der Waals surface area contributed by atoms with Crippen molar-refractivity contribution in [2.45, 2.75) is 25.8 Å². The number of fused-ring (bicyclic) bond motifs is 2. The molecule has 1 unspecified atom stereocenters. The molecule has 1 aromatic heterocycles. The third-order valence-electron chi connectivity index (χ3n) is 5.41. The van der Waals surface area contributed by atoms with Gasteiger partial charge in [-0.2, -0.15) is 0 Å². The first-order chi connectivity index (χ1) is 14.6. The maximum Gasteiger partial charge on any atom is 0.147 e. The summed E-state index contributed by atoms with van der Waals surface area (Å²) in [5.41, 5.74) is 3.82. The van der Waals surface area contributed by atoms with E-state index in [1.807, 2.05) is 26.2 Å². The van der Waals surface area contributed by atoms with Gasteiger partial charge in [0.1, 0.15) is 5.78 Å². The van der Waals surface area contributed by atoms with Gasteiger partial charge in [0.25, 0.3) is 0 Å². The van der Waals surface area contributed by atoms with E-state index in [2.05, 4.69) is 76.4 Å². The highest BCUT2D eigenvalue weighted by Gasteiger charge is 2.12. The highest BCUT2D eigenvalue weighted by atomic mass is 16.1. The first-order valence-corrected chi connectivity index (χ1v) is 10.5. The molecule has 0 fully saturated rings. The first kappa shape index (κ1) is 21.8. The van der Waals surface area contributed by atoms with Crippen molar-refractivity contribution < 1.29 is 4.79 Å². The standard InChI is InChI=1S/C15H17NO.C11H14N2/c1-11(17)15(16-2)10-12-7-8-13-5-3-4-6-14(13)9-12;1-12-7-6-9-8-13-11-5-3-2-4-10(9)11/h3-9,15-16H,10H2,1-2H3;2-5,8,12-13H,6-7H2,1H3. The molecule has 0 aliphatic rings. The average molecular weight is 402 g/mol. The van der Waals surface area contributed by atoms with Gasteiger partial charge in [-0.3, -0.25) is 4.79 Å². The van der Waals surface area contributed by atoms with Gasteiger partial charge in [-0.1, -0.05) is 60.7 Å². The van der Waals surface area contributed by atoms with Crippen molar-refractivity contribution in [3.05, 3.63) is 84.1 Å². The van der Waals surface area contributed by atoms with Crippen molar-refractivity contribution in [1.82, 2.24) is 15.6 Å². The third kappa shape index (κ3) is 5.56. The minimum Gasteiger partial charge on any atom is -0.361 e. The predicted octanol–water partition coefficient (Wildman–Crippen LogP) is 4.49. The Kier molecular flexibility index (Phi) is 7.77. The highest BCUT2D eigenvalue weighted by Crippen LogP contribution is 2.18. The molecule has 0 aliphatic heterocycles. The Balaban J connectivity index is 0.000000177. The van der Waals surface area contributed by atoms with E-state index in [1.54, 1.807) is 6.92 Å². The molecule has 4 nitrogen and oxygen atoms in total. The number of ketones is 1. The summed E-state index contributed by atoms with van der Waals surface area (Å²) < 4.78 is 0. The summed E-state index contributed by atoms with van der Waals surface area (Å²) in [5.74, 6) is 0.181. The largest absolute Gasteiger partial charge is 0.361 e. The van der Waals surface area contributed by atoms with Crippen LogP contribution in [0.1, 0.15) is 18.1 Å².